The predicted molar refractivity (Wildman–Crippen MR) is 149 cm³/mol. The molecule has 8 heteroatoms. The normalized spacial score (nSPS) is 23.3. The van der Waals surface area contributed by atoms with Crippen LogP contribution in [0.4, 0.5) is 26.3 Å². The SMILES string of the molecule is CCCCCC1CCC(C2CCC(CCF)CC2)CC1.Fc1ccc(-c2cc(F)c(OC(F)(F)Cl)c(F)c2)cc1. The molecule has 4 rings (SSSR count). The van der Waals surface area contributed by atoms with E-state index in [1.54, 1.807) is 0 Å². The van der Waals surface area contributed by atoms with Crippen molar-refractivity contribution >= 4 is 11.6 Å². The summed E-state index contributed by atoms with van der Waals surface area (Å²) in [6.07, 6.45) is 18.0. The van der Waals surface area contributed by atoms with Crippen molar-refractivity contribution in [2.45, 2.75) is 96.0 Å². The van der Waals surface area contributed by atoms with Gasteiger partial charge in [0.25, 0.3) is 0 Å². The van der Waals surface area contributed by atoms with E-state index < -0.39 is 28.8 Å². The van der Waals surface area contributed by atoms with Crippen LogP contribution >= 0.6 is 11.6 Å². The van der Waals surface area contributed by atoms with Gasteiger partial charge in [-0.05, 0) is 91.2 Å². The molecular formula is C32H41ClF6O. The first kappa shape index (κ1) is 32.6. The third-order valence-corrected chi connectivity index (χ3v) is 8.65. The van der Waals surface area contributed by atoms with Gasteiger partial charge in [-0.2, -0.15) is 0 Å². The topological polar surface area (TPSA) is 9.23 Å². The number of unbranched alkanes of at least 4 members (excludes halogenated alkanes) is 2. The van der Waals surface area contributed by atoms with Crippen LogP contribution < -0.4 is 4.74 Å². The van der Waals surface area contributed by atoms with Crippen LogP contribution in [0, 0.1) is 41.1 Å². The van der Waals surface area contributed by atoms with E-state index in [1.807, 2.05) is 0 Å². The molecule has 2 aliphatic carbocycles. The van der Waals surface area contributed by atoms with E-state index in [1.165, 1.54) is 89.2 Å². The Kier molecular flexibility index (Phi) is 13.0. The first-order chi connectivity index (χ1) is 19.1. The first-order valence-corrected chi connectivity index (χ1v) is 15.0. The molecule has 0 bridgehead atoms. The summed E-state index contributed by atoms with van der Waals surface area (Å²) in [6.45, 7) is 2.20. The van der Waals surface area contributed by atoms with E-state index in [2.05, 4.69) is 23.3 Å². The second kappa shape index (κ2) is 15.9. The highest BCUT2D eigenvalue weighted by molar-refractivity contribution is 6.20. The molecule has 0 N–H and O–H groups in total. The monoisotopic (exact) mass is 590 g/mol. The zero-order chi connectivity index (χ0) is 29.1. The summed E-state index contributed by atoms with van der Waals surface area (Å²) in [7, 11) is 0. The molecule has 0 aromatic heterocycles. The second-order valence-corrected chi connectivity index (χ2v) is 11.8. The highest BCUT2D eigenvalue weighted by atomic mass is 35.5. The molecule has 0 heterocycles. The molecule has 40 heavy (non-hydrogen) atoms. The van der Waals surface area contributed by atoms with Crippen molar-refractivity contribution in [1.29, 1.82) is 0 Å². The molecule has 0 saturated heterocycles. The van der Waals surface area contributed by atoms with E-state index in [-0.39, 0.29) is 12.2 Å². The summed E-state index contributed by atoms with van der Waals surface area (Å²) in [5, 5.41) is 0. The van der Waals surface area contributed by atoms with E-state index in [0.29, 0.717) is 11.5 Å². The molecule has 2 fully saturated rings. The van der Waals surface area contributed by atoms with Gasteiger partial charge in [0, 0.05) is 11.6 Å². The molecule has 0 amide bonds. The molecule has 2 saturated carbocycles. The smallest absolute Gasteiger partial charge is 0.414 e. The van der Waals surface area contributed by atoms with Gasteiger partial charge in [0.15, 0.2) is 17.4 Å². The number of rotatable bonds is 10. The Balaban J connectivity index is 0.000000220. The average Bonchev–Trinajstić information content (AvgIpc) is 2.92. The molecule has 0 aliphatic heterocycles. The Morgan fingerprint density at radius 1 is 0.750 bits per heavy atom. The van der Waals surface area contributed by atoms with Crippen molar-refractivity contribution in [3.05, 3.63) is 53.8 Å². The first-order valence-electron chi connectivity index (χ1n) is 14.7. The summed E-state index contributed by atoms with van der Waals surface area (Å²) in [5.74, 6) is -0.727. The molecule has 0 atom stereocenters. The van der Waals surface area contributed by atoms with Gasteiger partial charge < -0.3 is 4.74 Å². The summed E-state index contributed by atoms with van der Waals surface area (Å²) >= 11 is 4.46. The van der Waals surface area contributed by atoms with Crippen LogP contribution in [0.1, 0.15) is 90.4 Å². The van der Waals surface area contributed by atoms with Gasteiger partial charge in [-0.1, -0.05) is 70.4 Å². The summed E-state index contributed by atoms with van der Waals surface area (Å²) in [5.41, 5.74) is -3.86. The van der Waals surface area contributed by atoms with Crippen molar-refractivity contribution in [2.75, 3.05) is 6.67 Å². The fourth-order valence-electron chi connectivity index (χ4n) is 6.32. The quantitative estimate of drug-likeness (QED) is 0.152. The number of alkyl halides is 4. The Labute approximate surface area is 239 Å². The lowest BCUT2D eigenvalue weighted by Crippen LogP contribution is -2.26. The standard InChI is InChI=1S/C19H35F.C13H6ClF5O/c1-2-3-4-5-16-6-10-18(11-7-16)19-12-8-17(9-13-19)14-15-20;14-13(18,19)20-12-10(16)5-8(6-11(12)17)7-1-3-9(15)4-2-7/h16-19H,2-15H2,1H3;1-6H. The van der Waals surface area contributed by atoms with Gasteiger partial charge in [-0.25, -0.2) is 13.2 Å². The molecule has 0 radical (unpaired) electrons. The number of hydrogen-bond donors (Lipinski definition) is 0. The second-order valence-electron chi connectivity index (χ2n) is 11.4. The maximum atomic E-state index is 13.6. The van der Waals surface area contributed by atoms with E-state index in [4.69, 9.17) is 0 Å². The number of benzene rings is 2. The zero-order valence-corrected chi connectivity index (χ0v) is 24.0. The molecule has 0 unspecified atom stereocenters. The van der Waals surface area contributed by atoms with Crippen LogP contribution in [0.25, 0.3) is 11.1 Å². The van der Waals surface area contributed by atoms with Crippen LogP contribution in [0.2, 0.25) is 0 Å². The van der Waals surface area contributed by atoms with Gasteiger partial charge in [0.1, 0.15) is 5.82 Å². The largest absolute Gasteiger partial charge is 0.487 e. The van der Waals surface area contributed by atoms with Crippen molar-refractivity contribution in [3.63, 3.8) is 0 Å². The van der Waals surface area contributed by atoms with Gasteiger partial charge in [-0.3, -0.25) is 4.39 Å². The van der Waals surface area contributed by atoms with E-state index in [9.17, 15) is 26.3 Å². The molecule has 2 aliphatic rings. The Morgan fingerprint density at radius 2 is 1.25 bits per heavy atom. The van der Waals surface area contributed by atoms with Crippen molar-refractivity contribution in [2.24, 2.45) is 23.7 Å². The third kappa shape index (κ3) is 10.5. The van der Waals surface area contributed by atoms with Gasteiger partial charge >= 0.3 is 5.57 Å². The van der Waals surface area contributed by atoms with Crippen molar-refractivity contribution in [1.82, 2.24) is 0 Å². The molecule has 2 aromatic rings. The van der Waals surface area contributed by atoms with E-state index in [0.717, 1.165) is 48.4 Å². The Morgan fingerprint density at radius 3 is 1.70 bits per heavy atom. The lowest BCUT2D eigenvalue weighted by Gasteiger charge is -2.37. The minimum Gasteiger partial charge on any atom is -0.414 e. The van der Waals surface area contributed by atoms with Crippen molar-refractivity contribution in [3.8, 4) is 16.9 Å². The highest BCUT2D eigenvalue weighted by Gasteiger charge is 2.32. The number of halogens is 7. The van der Waals surface area contributed by atoms with Crippen LogP contribution in [0.3, 0.4) is 0 Å². The Bertz CT molecular complexity index is 986. The van der Waals surface area contributed by atoms with E-state index >= 15 is 0 Å². The molecule has 224 valence electrons. The summed E-state index contributed by atoms with van der Waals surface area (Å²) in [4.78, 5) is 0. The predicted octanol–water partition coefficient (Wildman–Crippen LogP) is 11.5. The van der Waals surface area contributed by atoms with Gasteiger partial charge in [0.2, 0.25) is 0 Å². The van der Waals surface area contributed by atoms with Gasteiger partial charge in [-0.15, -0.1) is 8.78 Å². The summed E-state index contributed by atoms with van der Waals surface area (Å²) in [6, 6.07) is 6.36. The van der Waals surface area contributed by atoms with Crippen LogP contribution in [-0.2, 0) is 0 Å². The lowest BCUT2D eigenvalue weighted by atomic mass is 9.68. The average molecular weight is 591 g/mol. The molecular weight excluding hydrogens is 550 g/mol. The maximum Gasteiger partial charge on any atom is 0.487 e. The fraction of sp³-hybridized carbons (Fsp3) is 0.625. The molecule has 0 spiro atoms. The third-order valence-electron chi connectivity index (χ3n) is 8.58. The van der Waals surface area contributed by atoms with Gasteiger partial charge in [0.05, 0.1) is 6.67 Å². The lowest BCUT2D eigenvalue weighted by molar-refractivity contribution is -0.100. The fourth-order valence-corrected chi connectivity index (χ4v) is 6.39. The van der Waals surface area contributed by atoms with Crippen LogP contribution in [0.5, 0.6) is 5.75 Å². The summed E-state index contributed by atoms with van der Waals surface area (Å²) < 4.78 is 80.8. The van der Waals surface area contributed by atoms with Crippen LogP contribution in [0.15, 0.2) is 36.4 Å². The molecule has 2 aromatic carbocycles. The molecule has 1 nitrogen and oxygen atoms in total. The number of ether oxygens (including phenoxy) is 1. The van der Waals surface area contributed by atoms with Crippen molar-refractivity contribution < 1.29 is 31.1 Å². The Hall–Kier alpha value is -1.89. The minimum atomic E-state index is -4.22. The maximum absolute atomic E-state index is 13.6. The highest BCUT2D eigenvalue weighted by Crippen LogP contribution is 2.43. The minimum absolute atomic E-state index is 0.0465. The zero-order valence-electron chi connectivity index (χ0n) is 23.2. The van der Waals surface area contributed by atoms with Crippen LogP contribution in [-0.4, -0.2) is 12.2 Å². The number of hydrogen-bond acceptors (Lipinski definition) is 1.